The van der Waals surface area contributed by atoms with Gasteiger partial charge in [-0.3, -0.25) is 9.59 Å². The molecule has 1 aromatic rings. The van der Waals surface area contributed by atoms with Gasteiger partial charge in [-0.25, -0.2) is 0 Å². The molecule has 1 heterocycles. The number of piperidine rings is 1. The highest BCUT2D eigenvalue weighted by molar-refractivity contribution is 8.00. The molecule has 2 rings (SSSR count). The van der Waals surface area contributed by atoms with Crippen LogP contribution >= 0.6 is 11.8 Å². The van der Waals surface area contributed by atoms with E-state index < -0.39 is 5.97 Å². The van der Waals surface area contributed by atoms with Crippen LogP contribution in [0.1, 0.15) is 32.1 Å². The number of nitrogens with zero attached hydrogens (tertiary/aromatic N) is 1. The summed E-state index contributed by atoms with van der Waals surface area (Å²) in [6.45, 7) is 0.721. The van der Waals surface area contributed by atoms with Gasteiger partial charge in [0.25, 0.3) is 0 Å². The summed E-state index contributed by atoms with van der Waals surface area (Å²) in [6.07, 6.45) is 3.58. The lowest BCUT2D eigenvalue weighted by molar-refractivity contribution is -0.139. The van der Waals surface area contributed by atoms with E-state index in [0.717, 1.165) is 30.7 Å². The zero-order chi connectivity index (χ0) is 15.9. The third kappa shape index (κ3) is 4.94. The number of thioether (sulfide) groups is 1. The minimum absolute atomic E-state index is 0.0535. The second kappa shape index (κ2) is 8.08. The topological polar surface area (TPSA) is 77.8 Å². The Balaban J connectivity index is 1.88. The molecule has 0 aromatic heterocycles. The molecule has 0 bridgehead atoms. The number of phenolic OH excluding ortho intramolecular Hbond substituents is 1. The Kier molecular flexibility index (Phi) is 6.12. The quantitative estimate of drug-likeness (QED) is 0.787. The van der Waals surface area contributed by atoms with Gasteiger partial charge in [0.2, 0.25) is 5.91 Å². The second-order valence-electron chi connectivity index (χ2n) is 5.45. The predicted molar refractivity (Wildman–Crippen MR) is 85.1 cm³/mol. The molecule has 22 heavy (non-hydrogen) atoms. The Morgan fingerprint density at radius 2 is 1.95 bits per heavy atom. The molecule has 0 spiro atoms. The van der Waals surface area contributed by atoms with Crippen molar-refractivity contribution in [3.05, 3.63) is 24.3 Å². The maximum Gasteiger partial charge on any atom is 0.303 e. The first-order valence-corrected chi connectivity index (χ1v) is 8.48. The molecule has 0 radical (unpaired) electrons. The molecule has 1 saturated heterocycles. The lowest BCUT2D eigenvalue weighted by Gasteiger charge is -2.35. The molecule has 0 aliphatic carbocycles. The number of carbonyl (C=O) groups excluding carboxylic acids is 1. The van der Waals surface area contributed by atoms with Crippen LogP contribution in [0, 0.1) is 0 Å². The number of carboxylic acids is 1. The van der Waals surface area contributed by atoms with E-state index in [1.165, 1.54) is 11.8 Å². The molecule has 6 heteroatoms. The fourth-order valence-electron chi connectivity index (χ4n) is 2.69. The molecular formula is C16H21NO4S. The summed E-state index contributed by atoms with van der Waals surface area (Å²) in [5, 5.41) is 18.1. The fourth-order valence-corrected chi connectivity index (χ4v) is 3.47. The molecule has 1 unspecified atom stereocenters. The minimum Gasteiger partial charge on any atom is -0.508 e. The lowest BCUT2D eigenvalue weighted by atomic mass is 9.98. The molecule has 1 atom stereocenters. The standard InChI is InChI=1S/C16H21NO4S/c18-13-5-7-14(8-6-13)22-11-15(19)17-10-2-1-3-12(17)4-9-16(20)21/h5-8,12,18H,1-4,9-11H2,(H,20,21). The Morgan fingerprint density at radius 3 is 2.64 bits per heavy atom. The summed E-state index contributed by atoms with van der Waals surface area (Å²) in [6, 6.07) is 6.82. The van der Waals surface area contributed by atoms with Crippen molar-refractivity contribution in [3.63, 3.8) is 0 Å². The smallest absolute Gasteiger partial charge is 0.303 e. The first-order valence-electron chi connectivity index (χ1n) is 7.49. The number of aromatic hydroxyl groups is 1. The minimum atomic E-state index is -0.809. The average Bonchev–Trinajstić information content (AvgIpc) is 2.52. The van der Waals surface area contributed by atoms with Gasteiger partial charge in [-0.05, 0) is 49.9 Å². The van der Waals surface area contributed by atoms with E-state index in [1.807, 2.05) is 4.90 Å². The Hall–Kier alpha value is -1.69. The van der Waals surface area contributed by atoms with Crippen LogP contribution in [-0.4, -0.2) is 45.3 Å². The van der Waals surface area contributed by atoms with E-state index in [4.69, 9.17) is 5.11 Å². The normalized spacial score (nSPS) is 18.2. The number of hydrogen-bond donors (Lipinski definition) is 2. The Morgan fingerprint density at radius 1 is 1.23 bits per heavy atom. The van der Waals surface area contributed by atoms with Crippen molar-refractivity contribution in [2.45, 2.75) is 43.0 Å². The van der Waals surface area contributed by atoms with Gasteiger partial charge >= 0.3 is 5.97 Å². The maximum absolute atomic E-state index is 12.4. The molecule has 1 fully saturated rings. The highest BCUT2D eigenvalue weighted by Crippen LogP contribution is 2.25. The van der Waals surface area contributed by atoms with E-state index in [-0.39, 0.29) is 24.1 Å². The molecule has 1 aliphatic rings. The second-order valence-corrected chi connectivity index (χ2v) is 6.50. The van der Waals surface area contributed by atoms with E-state index in [9.17, 15) is 14.7 Å². The van der Waals surface area contributed by atoms with Crippen LogP contribution < -0.4 is 0 Å². The Bertz CT molecular complexity index is 517. The van der Waals surface area contributed by atoms with Gasteiger partial charge in [0.05, 0.1) is 5.75 Å². The van der Waals surface area contributed by atoms with Crippen molar-refractivity contribution < 1.29 is 19.8 Å². The van der Waals surface area contributed by atoms with Crippen LogP contribution in [0.5, 0.6) is 5.75 Å². The molecule has 0 saturated carbocycles. The van der Waals surface area contributed by atoms with Crippen LogP contribution in [-0.2, 0) is 9.59 Å². The molecule has 1 aliphatic heterocycles. The van der Waals surface area contributed by atoms with E-state index in [0.29, 0.717) is 12.2 Å². The molecule has 120 valence electrons. The molecule has 5 nitrogen and oxygen atoms in total. The van der Waals surface area contributed by atoms with Crippen molar-refractivity contribution in [3.8, 4) is 5.75 Å². The largest absolute Gasteiger partial charge is 0.508 e. The lowest BCUT2D eigenvalue weighted by Crippen LogP contribution is -2.44. The monoisotopic (exact) mass is 323 g/mol. The molecule has 1 amide bonds. The van der Waals surface area contributed by atoms with Crippen molar-refractivity contribution in [2.75, 3.05) is 12.3 Å². The fraction of sp³-hybridized carbons (Fsp3) is 0.500. The summed E-state index contributed by atoms with van der Waals surface area (Å²) in [5.41, 5.74) is 0. The van der Waals surface area contributed by atoms with Crippen LogP contribution in [0.3, 0.4) is 0 Å². The van der Waals surface area contributed by atoms with Gasteiger partial charge in [-0.2, -0.15) is 0 Å². The van der Waals surface area contributed by atoms with Gasteiger partial charge in [-0.1, -0.05) is 0 Å². The zero-order valence-corrected chi connectivity index (χ0v) is 13.2. The summed E-state index contributed by atoms with van der Waals surface area (Å²) in [7, 11) is 0. The van der Waals surface area contributed by atoms with Gasteiger partial charge < -0.3 is 15.1 Å². The van der Waals surface area contributed by atoms with Gasteiger partial charge in [0, 0.05) is 23.9 Å². The number of phenols is 1. The van der Waals surface area contributed by atoms with Crippen molar-refractivity contribution in [1.29, 1.82) is 0 Å². The number of likely N-dealkylation sites (tertiary alicyclic amines) is 1. The summed E-state index contributed by atoms with van der Waals surface area (Å²) in [5.74, 6) is -0.195. The number of carbonyl (C=O) groups is 2. The third-order valence-electron chi connectivity index (χ3n) is 3.84. The SMILES string of the molecule is O=C(O)CCC1CCCCN1C(=O)CSc1ccc(O)cc1. The van der Waals surface area contributed by atoms with Gasteiger partial charge in [0.1, 0.15) is 5.75 Å². The summed E-state index contributed by atoms with van der Waals surface area (Å²) < 4.78 is 0. The van der Waals surface area contributed by atoms with Gasteiger partial charge in [-0.15, -0.1) is 11.8 Å². The van der Waals surface area contributed by atoms with Crippen LogP contribution in [0.4, 0.5) is 0 Å². The van der Waals surface area contributed by atoms with Crippen LogP contribution in [0.15, 0.2) is 29.2 Å². The van der Waals surface area contributed by atoms with E-state index >= 15 is 0 Å². The van der Waals surface area contributed by atoms with Crippen LogP contribution in [0.2, 0.25) is 0 Å². The Labute approximate surface area is 134 Å². The third-order valence-corrected chi connectivity index (χ3v) is 4.83. The van der Waals surface area contributed by atoms with Gasteiger partial charge in [0.15, 0.2) is 0 Å². The van der Waals surface area contributed by atoms with Crippen molar-refractivity contribution in [2.24, 2.45) is 0 Å². The number of rotatable bonds is 6. The number of hydrogen-bond acceptors (Lipinski definition) is 4. The molecule has 2 N–H and O–H groups in total. The number of aliphatic carboxylic acids is 1. The highest BCUT2D eigenvalue weighted by atomic mass is 32.2. The van der Waals surface area contributed by atoms with Crippen molar-refractivity contribution in [1.82, 2.24) is 4.90 Å². The number of amides is 1. The first kappa shape index (κ1) is 16.7. The summed E-state index contributed by atoms with van der Waals surface area (Å²) in [4.78, 5) is 25.9. The number of benzene rings is 1. The number of carboxylic acid groups (broad SMARTS) is 1. The predicted octanol–water partition coefficient (Wildman–Crippen LogP) is 2.73. The maximum atomic E-state index is 12.4. The van der Waals surface area contributed by atoms with Crippen LogP contribution in [0.25, 0.3) is 0 Å². The highest BCUT2D eigenvalue weighted by Gasteiger charge is 2.26. The first-order chi connectivity index (χ1) is 10.6. The molecular weight excluding hydrogens is 302 g/mol. The molecule has 1 aromatic carbocycles. The van der Waals surface area contributed by atoms with Crippen molar-refractivity contribution >= 4 is 23.6 Å². The van der Waals surface area contributed by atoms with E-state index in [2.05, 4.69) is 0 Å². The summed E-state index contributed by atoms with van der Waals surface area (Å²) >= 11 is 1.44. The zero-order valence-electron chi connectivity index (χ0n) is 12.4. The average molecular weight is 323 g/mol. The van der Waals surface area contributed by atoms with E-state index in [1.54, 1.807) is 24.3 Å².